The molecular formula is C13H19N3O. The van der Waals surface area contributed by atoms with Crippen molar-refractivity contribution in [2.24, 2.45) is 0 Å². The quantitative estimate of drug-likeness (QED) is 0.827. The second-order valence-corrected chi connectivity index (χ2v) is 4.29. The van der Waals surface area contributed by atoms with E-state index >= 15 is 0 Å². The van der Waals surface area contributed by atoms with Crippen molar-refractivity contribution in [2.75, 3.05) is 36.9 Å². The summed E-state index contributed by atoms with van der Waals surface area (Å²) in [6.07, 6.45) is 2.47. The fourth-order valence-corrected chi connectivity index (χ4v) is 2.17. The maximum atomic E-state index is 11.6. The van der Waals surface area contributed by atoms with Gasteiger partial charge in [-0.3, -0.25) is 4.79 Å². The molecule has 1 aromatic carbocycles. The van der Waals surface area contributed by atoms with E-state index in [1.807, 2.05) is 18.2 Å². The highest BCUT2D eigenvalue weighted by molar-refractivity contribution is 5.95. The third-order valence-corrected chi connectivity index (χ3v) is 2.96. The summed E-state index contributed by atoms with van der Waals surface area (Å²) in [6, 6.07) is 8.00. The molecule has 1 fully saturated rings. The molecule has 2 N–H and O–H groups in total. The maximum absolute atomic E-state index is 11.6. The minimum atomic E-state index is -0.000790. The number of amides is 1. The molecule has 0 aromatic heterocycles. The molecule has 1 heterocycles. The summed E-state index contributed by atoms with van der Waals surface area (Å²) in [7, 11) is 1.77. The molecule has 1 aromatic rings. The van der Waals surface area contributed by atoms with Gasteiger partial charge in [-0.25, -0.2) is 0 Å². The first-order chi connectivity index (χ1) is 8.31. The average Bonchev–Trinajstić information content (AvgIpc) is 2.83. The van der Waals surface area contributed by atoms with Gasteiger partial charge in [0.2, 0.25) is 5.91 Å². The van der Waals surface area contributed by atoms with Crippen LogP contribution in [0.25, 0.3) is 0 Å². The highest BCUT2D eigenvalue weighted by Crippen LogP contribution is 2.28. The number of nitrogens with one attached hydrogen (secondary N) is 2. The van der Waals surface area contributed by atoms with Crippen LogP contribution in [0.1, 0.15) is 12.8 Å². The van der Waals surface area contributed by atoms with Crippen molar-refractivity contribution in [1.82, 2.24) is 5.32 Å². The van der Waals surface area contributed by atoms with Crippen LogP contribution in [-0.4, -0.2) is 32.6 Å². The van der Waals surface area contributed by atoms with Crippen LogP contribution in [-0.2, 0) is 4.79 Å². The van der Waals surface area contributed by atoms with E-state index in [-0.39, 0.29) is 5.91 Å². The Labute approximate surface area is 102 Å². The van der Waals surface area contributed by atoms with E-state index in [0.717, 1.165) is 24.5 Å². The lowest BCUT2D eigenvalue weighted by Crippen LogP contribution is -2.26. The third kappa shape index (κ3) is 2.97. The van der Waals surface area contributed by atoms with Crippen LogP contribution in [0.4, 0.5) is 11.4 Å². The van der Waals surface area contributed by atoms with Gasteiger partial charge in [0, 0.05) is 13.1 Å². The Kier molecular flexibility index (Phi) is 3.98. The molecule has 0 bridgehead atoms. The fraction of sp³-hybridized carbons (Fsp3) is 0.462. The zero-order valence-electron chi connectivity index (χ0n) is 10.2. The van der Waals surface area contributed by atoms with E-state index < -0.39 is 0 Å². The lowest BCUT2D eigenvalue weighted by Gasteiger charge is -2.21. The van der Waals surface area contributed by atoms with Crippen molar-refractivity contribution >= 4 is 17.3 Å². The molecule has 0 aliphatic carbocycles. The van der Waals surface area contributed by atoms with Gasteiger partial charge in [-0.2, -0.15) is 0 Å². The Balaban J connectivity index is 2.12. The van der Waals surface area contributed by atoms with E-state index in [2.05, 4.69) is 21.6 Å². The van der Waals surface area contributed by atoms with Crippen molar-refractivity contribution in [3.05, 3.63) is 24.3 Å². The van der Waals surface area contributed by atoms with Crippen LogP contribution in [0.3, 0.4) is 0 Å². The van der Waals surface area contributed by atoms with Gasteiger partial charge in [-0.05, 0) is 32.0 Å². The molecule has 1 amide bonds. The summed E-state index contributed by atoms with van der Waals surface area (Å²) in [5.74, 6) is -0.000790. The van der Waals surface area contributed by atoms with Crippen molar-refractivity contribution in [3.8, 4) is 0 Å². The standard InChI is InChI=1S/C13H19N3O/c1-14-10-13(17)15-11-6-2-3-7-12(11)16-8-4-5-9-16/h2-3,6-7,14H,4-5,8-10H2,1H3,(H,15,17). The number of para-hydroxylation sites is 2. The minimum Gasteiger partial charge on any atom is -0.370 e. The van der Waals surface area contributed by atoms with Crippen molar-refractivity contribution < 1.29 is 4.79 Å². The summed E-state index contributed by atoms with van der Waals surface area (Å²) in [6.45, 7) is 2.51. The van der Waals surface area contributed by atoms with Gasteiger partial charge in [-0.1, -0.05) is 12.1 Å². The maximum Gasteiger partial charge on any atom is 0.238 e. The van der Waals surface area contributed by atoms with E-state index in [1.54, 1.807) is 7.05 Å². The van der Waals surface area contributed by atoms with E-state index in [9.17, 15) is 4.79 Å². The Bertz CT molecular complexity index is 386. The number of benzene rings is 1. The normalized spacial score (nSPS) is 15.0. The van der Waals surface area contributed by atoms with Gasteiger partial charge in [0.05, 0.1) is 17.9 Å². The SMILES string of the molecule is CNCC(=O)Nc1ccccc1N1CCCC1. The smallest absolute Gasteiger partial charge is 0.238 e. The van der Waals surface area contributed by atoms with Crippen molar-refractivity contribution in [3.63, 3.8) is 0 Å². The molecule has 1 aliphatic rings. The Morgan fingerprint density at radius 3 is 2.71 bits per heavy atom. The Morgan fingerprint density at radius 1 is 1.29 bits per heavy atom. The van der Waals surface area contributed by atoms with E-state index in [1.165, 1.54) is 12.8 Å². The number of anilines is 2. The van der Waals surface area contributed by atoms with Crippen molar-refractivity contribution in [2.45, 2.75) is 12.8 Å². The number of carbonyl (C=O) groups is 1. The molecule has 0 unspecified atom stereocenters. The summed E-state index contributed by atoms with van der Waals surface area (Å²) in [5.41, 5.74) is 2.05. The lowest BCUT2D eigenvalue weighted by molar-refractivity contribution is -0.115. The summed E-state index contributed by atoms with van der Waals surface area (Å²) < 4.78 is 0. The second-order valence-electron chi connectivity index (χ2n) is 4.29. The third-order valence-electron chi connectivity index (χ3n) is 2.96. The molecule has 1 saturated heterocycles. The Morgan fingerprint density at radius 2 is 2.00 bits per heavy atom. The average molecular weight is 233 g/mol. The van der Waals surface area contributed by atoms with Gasteiger partial charge < -0.3 is 15.5 Å². The minimum absolute atomic E-state index is 0.000790. The first-order valence-corrected chi connectivity index (χ1v) is 6.09. The van der Waals surface area contributed by atoms with Crippen molar-refractivity contribution in [1.29, 1.82) is 0 Å². The predicted octanol–water partition coefficient (Wildman–Crippen LogP) is 1.44. The number of nitrogens with zero attached hydrogens (tertiary/aromatic N) is 1. The molecule has 0 atom stereocenters. The molecule has 0 saturated carbocycles. The summed E-state index contributed by atoms with van der Waals surface area (Å²) >= 11 is 0. The number of hydrogen-bond donors (Lipinski definition) is 2. The number of rotatable bonds is 4. The van der Waals surface area contributed by atoms with Gasteiger partial charge in [-0.15, -0.1) is 0 Å². The van der Waals surface area contributed by atoms with Crippen LogP contribution >= 0.6 is 0 Å². The van der Waals surface area contributed by atoms with E-state index in [4.69, 9.17) is 0 Å². The van der Waals surface area contributed by atoms with Crippen LogP contribution in [0.15, 0.2) is 24.3 Å². The summed E-state index contributed by atoms with van der Waals surface area (Å²) in [4.78, 5) is 13.9. The van der Waals surface area contributed by atoms with Crippen LogP contribution in [0, 0.1) is 0 Å². The molecule has 17 heavy (non-hydrogen) atoms. The molecule has 0 radical (unpaired) electrons. The summed E-state index contributed by atoms with van der Waals surface area (Å²) in [5, 5.41) is 5.80. The lowest BCUT2D eigenvalue weighted by atomic mass is 10.2. The van der Waals surface area contributed by atoms with E-state index in [0.29, 0.717) is 6.54 Å². The van der Waals surface area contributed by atoms with Crippen LogP contribution in [0.2, 0.25) is 0 Å². The number of hydrogen-bond acceptors (Lipinski definition) is 3. The fourth-order valence-electron chi connectivity index (χ4n) is 2.17. The first-order valence-electron chi connectivity index (χ1n) is 6.09. The molecule has 2 rings (SSSR count). The highest BCUT2D eigenvalue weighted by atomic mass is 16.1. The molecular weight excluding hydrogens is 214 g/mol. The largest absolute Gasteiger partial charge is 0.370 e. The molecule has 4 heteroatoms. The Hall–Kier alpha value is -1.55. The molecule has 0 spiro atoms. The number of carbonyl (C=O) groups excluding carboxylic acids is 1. The van der Waals surface area contributed by atoms with Crippen LogP contribution in [0.5, 0.6) is 0 Å². The van der Waals surface area contributed by atoms with Crippen LogP contribution < -0.4 is 15.5 Å². The van der Waals surface area contributed by atoms with Gasteiger partial charge in [0.25, 0.3) is 0 Å². The topological polar surface area (TPSA) is 44.4 Å². The molecule has 4 nitrogen and oxygen atoms in total. The molecule has 92 valence electrons. The van der Waals surface area contributed by atoms with Gasteiger partial charge >= 0.3 is 0 Å². The monoisotopic (exact) mass is 233 g/mol. The predicted molar refractivity (Wildman–Crippen MR) is 70.4 cm³/mol. The zero-order valence-corrected chi connectivity index (χ0v) is 10.2. The zero-order chi connectivity index (χ0) is 12.1. The van der Waals surface area contributed by atoms with Gasteiger partial charge in [0.1, 0.15) is 0 Å². The first kappa shape index (κ1) is 11.9. The highest BCUT2D eigenvalue weighted by Gasteiger charge is 2.16. The number of likely N-dealkylation sites (N-methyl/N-ethyl adjacent to an activating group) is 1. The second kappa shape index (κ2) is 5.68. The molecule has 1 aliphatic heterocycles. The van der Waals surface area contributed by atoms with Gasteiger partial charge in [0.15, 0.2) is 0 Å².